The molecule has 0 fully saturated rings. The summed E-state index contributed by atoms with van der Waals surface area (Å²) in [6.07, 6.45) is 33.6. The first-order chi connectivity index (χ1) is 16.8. The van der Waals surface area contributed by atoms with E-state index >= 15 is 0 Å². The molecule has 0 N–H and O–H groups in total. The van der Waals surface area contributed by atoms with Crippen LogP contribution in [0, 0.1) is 6.92 Å². The molecular weight excluding hydrogens is 412 g/mol. The topological polar surface area (TPSA) is 25.8 Å². The Morgan fingerprint density at radius 1 is 0.471 bits per heavy atom. The zero-order chi connectivity index (χ0) is 24.5. The van der Waals surface area contributed by atoms with Gasteiger partial charge in [0.2, 0.25) is 0 Å². The highest BCUT2D eigenvalue weighted by Gasteiger charge is 2.05. The lowest BCUT2D eigenvalue weighted by Crippen LogP contribution is -2.03. The minimum Gasteiger partial charge on any atom is -0.238 e. The molecule has 0 aromatic carbocycles. The van der Waals surface area contributed by atoms with Crippen LogP contribution in [-0.4, -0.2) is 9.97 Å². The normalized spacial score (nSPS) is 11.4. The van der Waals surface area contributed by atoms with Crippen molar-refractivity contribution < 1.29 is 0 Å². The molecule has 0 unspecified atom stereocenters. The van der Waals surface area contributed by atoms with E-state index < -0.39 is 0 Å². The molecule has 1 aromatic heterocycles. The van der Waals surface area contributed by atoms with Crippen molar-refractivity contribution in [2.45, 2.75) is 174 Å². The molecule has 0 saturated heterocycles. The average molecular weight is 472 g/mol. The minimum absolute atomic E-state index is 0.706. The maximum Gasteiger partial charge on any atom is 0.128 e. The Bertz CT molecular complexity index is 510. The summed E-state index contributed by atoms with van der Waals surface area (Å²) in [6, 6.07) is 2.28. The van der Waals surface area contributed by atoms with Crippen molar-refractivity contribution in [3.63, 3.8) is 0 Å². The van der Waals surface area contributed by atoms with E-state index in [-0.39, 0.29) is 0 Å². The number of aromatic nitrogens is 2. The van der Waals surface area contributed by atoms with Gasteiger partial charge in [0.15, 0.2) is 0 Å². The maximum absolute atomic E-state index is 4.77. The Morgan fingerprint density at radius 2 is 0.765 bits per heavy atom. The van der Waals surface area contributed by atoms with Gasteiger partial charge in [-0.05, 0) is 38.7 Å². The van der Waals surface area contributed by atoms with Gasteiger partial charge in [-0.3, -0.25) is 0 Å². The van der Waals surface area contributed by atoms with Gasteiger partial charge in [-0.1, -0.05) is 142 Å². The summed E-state index contributed by atoms with van der Waals surface area (Å²) in [6.45, 7) is 8.62. The fourth-order valence-electron chi connectivity index (χ4n) is 4.92. The summed E-state index contributed by atoms with van der Waals surface area (Å²) < 4.78 is 0. The number of nitrogens with zero attached hydrogens (tertiary/aromatic N) is 2. The van der Waals surface area contributed by atoms with E-state index in [1.807, 2.05) is 0 Å². The van der Waals surface area contributed by atoms with Crippen molar-refractivity contribution in [1.29, 1.82) is 0 Å². The second kappa shape index (κ2) is 23.8. The molecule has 197 valence electrons. The first-order valence-electron chi connectivity index (χ1n) is 15.4. The Morgan fingerprint density at radius 3 is 1.06 bits per heavy atom. The van der Waals surface area contributed by atoms with Gasteiger partial charge in [-0.2, -0.15) is 0 Å². The van der Waals surface area contributed by atoms with Gasteiger partial charge < -0.3 is 0 Å². The van der Waals surface area contributed by atoms with E-state index in [2.05, 4.69) is 26.8 Å². The summed E-state index contributed by atoms with van der Waals surface area (Å²) in [4.78, 5) is 9.53. The van der Waals surface area contributed by atoms with Gasteiger partial charge >= 0.3 is 0 Å². The first-order valence-corrected chi connectivity index (χ1v) is 15.4. The zero-order valence-corrected chi connectivity index (χ0v) is 23.4. The molecule has 0 saturated carbocycles. The lowest BCUT2D eigenvalue weighted by molar-refractivity contribution is 0.547. The minimum atomic E-state index is 0.706. The largest absolute Gasteiger partial charge is 0.238 e. The van der Waals surface area contributed by atoms with Crippen LogP contribution in [0.1, 0.15) is 172 Å². The molecule has 2 heteroatoms. The lowest BCUT2D eigenvalue weighted by atomic mass is 10.0. The summed E-state index contributed by atoms with van der Waals surface area (Å²) in [7, 11) is 0. The van der Waals surface area contributed by atoms with Gasteiger partial charge in [0.05, 0.1) is 0 Å². The molecule has 0 spiro atoms. The van der Waals surface area contributed by atoms with Crippen molar-refractivity contribution in [3.05, 3.63) is 30.2 Å². The average Bonchev–Trinajstić information content (AvgIpc) is 2.85. The Kier molecular flexibility index (Phi) is 21.8. The van der Waals surface area contributed by atoms with Crippen molar-refractivity contribution in [2.75, 3.05) is 0 Å². The third-order valence-corrected chi connectivity index (χ3v) is 7.18. The van der Waals surface area contributed by atoms with Crippen LogP contribution in [0.3, 0.4) is 0 Å². The predicted molar refractivity (Wildman–Crippen MR) is 151 cm³/mol. The fourth-order valence-corrected chi connectivity index (χ4v) is 4.92. The molecule has 2 nitrogen and oxygen atoms in total. The van der Waals surface area contributed by atoms with Crippen LogP contribution in [0.25, 0.3) is 0 Å². The molecule has 1 aromatic rings. The van der Waals surface area contributed by atoms with E-state index in [0.29, 0.717) is 6.42 Å². The molecule has 0 aliphatic heterocycles. The summed E-state index contributed by atoms with van der Waals surface area (Å²) in [5.74, 6) is 0.943. The molecule has 0 atom stereocenters. The molecular formula is C32H59N2. The van der Waals surface area contributed by atoms with Crippen molar-refractivity contribution >= 4 is 0 Å². The smallest absolute Gasteiger partial charge is 0.128 e. The number of hydrogen-bond donors (Lipinski definition) is 0. The quantitative estimate of drug-likeness (QED) is 0.132. The van der Waals surface area contributed by atoms with Gasteiger partial charge in [0, 0.05) is 17.8 Å². The number of rotatable bonds is 25. The van der Waals surface area contributed by atoms with Gasteiger partial charge in [-0.15, -0.1) is 0 Å². The molecule has 0 aliphatic carbocycles. The fraction of sp³-hybridized carbons (Fsp3) is 0.844. The van der Waals surface area contributed by atoms with Gasteiger partial charge in [0.25, 0.3) is 0 Å². The van der Waals surface area contributed by atoms with Crippen LogP contribution in [0.15, 0.2) is 6.07 Å². The SMILES string of the molecule is [CH2]Cc1nc(CCCCCCCCCCCCC)cc(CCCCCCCCCCCCC)n1. The van der Waals surface area contributed by atoms with Gasteiger partial charge in [0.1, 0.15) is 5.82 Å². The van der Waals surface area contributed by atoms with E-state index in [9.17, 15) is 0 Å². The van der Waals surface area contributed by atoms with Crippen molar-refractivity contribution in [3.8, 4) is 0 Å². The third kappa shape index (κ3) is 18.4. The maximum atomic E-state index is 4.77. The first kappa shape index (κ1) is 31.1. The van der Waals surface area contributed by atoms with Crippen LogP contribution in [-0.2, 0) is 19.3 Å². The lowest BCUT2D eigenvalue weighted by Gasteiger charge is -2.08. The highest BCUT2D eigenvalue weighted by Crippen LogP contribution is 2.15. The van der Waals surface area contributed by atoms with Crippen LogP contribution in [0.2, 0.25) is 0 Å². The molecule has 34 heavy (non-hydrogen) atoms. The van der Waals surface area contributed by atoms with Crippen LogP contribution in [0.5, 0.6) is 0 Å². The monoisotopic (exact) mass is 471 g/mol. The molecule has 0 bridgehead atoms. The zero-order valence-electron chi connectivity index (χ0n) is 23.4. The summed E-state index contributed by atoms with van der Waals surface area (Å²) in [5, 5.41) is 0. The second-order valence-electron chi connectivity index (χ2n) is 10.6. The molecule has 0 aliphatic rings. The number of unbranched alkanes of at least 4 members (excludes halogenated alkanes) is 20. The Labute approximate surface area is 214 Å². The number of hydrogen-bond acceptors (Lipinski definition) is 2. The van der Waals surface area contributed by atoms with Crippen molar-refractivity contribution in [2.24, 2.45) is 0 Å². The van der Waals surface area contributed by atoms with Gasteiger partial charge in [-0.25, -0.2) is 9.97 Å². The highest BCUT2D eigenvalue weighted by molar-refractivity contribution is 5.12. The standard InChI is InChI=1S/C32H59N2/c1-4-7-9-11-13-15-17-19-21-23-25-27-30-29-31(34-32(6-3)33-30)28-26-24-22-20-18-16-14-12-10-8-5-2/h29H,3-28H2,1-2H3. The molecule has 0 amide bonds. The van der Waals surface area contributed by atoms with Crippen LogP contribution in [0.4, 0.5) is 0 Å². The Hall–Kier alpha value is -0.920. The van der Waals surface area contributed by atoms with Crippen LogP contribution < -0.4 is 0 Å². The molecule has 1 rings (SSSR count). The van der Waals surface area contributed by atoms with E-state index in [4.69, 9.17) is 9.97 Å². The predicted octanol–water partition coefficient (Wildman–Crippen LogP) is 10.6. The summed E-state index contributed by atoms with van der Waals surface area (Å²) >= 11 is 0. The Balaban J connectivity index is 2.10. The number of aryl methyl sites for hydroxylation is 2. The van der Waals surface area contributed by atoms with E-state index in [1.165, 1.54) is 153 Å². The molecule has 1 radical (unpaired) electrons. The van der Waals surface area contributed by atoms with E-state index in [1.54, 1.807) is 0 Å². The summed E-state index contributed by atoms with van der Waals surface area (Å²) in [5.41, 5.74) is 2.50. The van der Waals surface area contributed by atoms with E-state index in [0.717, 1.165) is 18.7 Å². The molecule has 1 heterocycles. The second-order valence-corrected chi connectivity index (χ2v) is 10.6. The van der Waals surface area contributed by atoms with Crippen molar-refractivity contribution in [1.82, 2.24) is 9.97 Å². The third-order valence-electron chi connectivity index (χ3n) is 7.18. The highest BCUT2D eigenvalue weighted by atomic mass is 14.9. The van der Waals surface area contributed by atoms with Crippen LogP contribution >= 0.6 is 0 Å².